The van der Waals surface area contributed by atoms with Gasteiger partial charge in [-0.2, -0.15) is 13.2 Å². The van der Waals surface area contributed by atoms with Gasteiger partial charge < -0.3 is 10.2 Å². The summed E-state index contributed by atoms with van der Waals surface area (Å²) < 4.78 is 37.7. The molecule has 1 saturated heterocycles. The molecular formula is C15H21F3N2. The van der Waals surface area contributed by atoms with Gasteiger partial charge in [-0.3, -0.25) is 0 Å². The molecule has 0 aromatic heterocycles. The summed E-state index contributed by atoms with van der Waals surface area (Å²) in [5, 5.41) is 3.55. The van der Waals surface area contributed by atoms with Gasteiger partial charge in [0, 0.05) is 30.9 Å². The van der Waals surface area contributed by atoms with Gasteiger partial charge in [0.2, 0.25) is 0 Å². The summed E-state index contributed by atoms with van der Waals surface area (Å²) in [5.74, 6) is 0. The Labute approximate surface area is 118 Å². The Morgan fingerprint density at radius 2 is 1.75 bits per heavy atom. The minimum atomic E-state index is -4.27. The summed E-state index contributed by atoms with van der Waals surface area (Å²) in [7, 11) is 0. The molecule has 0 atom stereocenters. The van der Waals surface area contributed by atoms with E-state index in [0.29, 0.717) is 0 Å². The average molecular weight is 286 g/mol. The Morgan fingerprint density at radius 3 is 2.25 bits per heavy atom. The lowest BCUT2D eigenvalue weighted by Crippen LogP contribution is -2.60. The van der Waals surface area contributed by atoms with Crippen LogP contribution in [0.5, 0.6) is 0 Å². The monoisotopic (exact) mass is 286 g/mol. The molecule has 112 valence electrons. The van der Waals surface area contributed by atoms with Crippen molar-refractivity contribution in [1.82, 2.24) is 5.32 Å². The van der Waals surface area contributed by atoms with Crippen LogP contribution in [0.15, 0.2) is 24.3 Å². The van der Waals surface area contributed by atoms with Crippen LogP contribution in [0.2, 0.25) is 0 Å². The third-order valence-corrected chi connectivity index (χ3v) is 4.29. The van der Waals surface area contributed by atoms with Crippen molar-refractivity contribution in [1.29, 1.82) is 0 Å². The summed E-state index contributed by atoms with van der Waals surface area (Å²) in [6.45, 7) is 6.82. The SMILES string of the molecule is CCC1(CC)CN(c2ccc(C(F)(F)F)cc2)CCN1. The van der Waals surface area contributed by atoms with Crippen LogP contribution in [0.4, 0.5) is 18.9 Å². The van der Waals surface area contributed by atoms with Gasteiger partial charge in [0.25, 0.3) is 0 Å². The molecule has 0 radical (unpaired) electrons. The summed E-state index contributed by atoms with van der Waals surface area (Å²) in [6, 6.07) is 5.47. The van der Waals surface area contributed by atoms with Crippen molar-refractivity contribution in [3.05, 3.63) is 29.8 Å². The number of nitrogens with one attached hydrogen (secondary N) is 1. The van der Waals surface area contributed by atoms with E-state index in [9.17, 15) is 13.2 Å². The van der Waals surface area contributed by atoms with Crippen molar-refractivity contribution in [2.75, 3.05) is 24.5 Å². The predicted octanol–water partition coefficient (Wildman–Crippen LogP) is 3.67. The lowest BCUT2D eigenvalue weighted by atomic mass is 9.90. The van der Waals surface area contributed by atoms with E-state index < -0.39 is 11.7 Å². The molecular weight excluding hydrogens is 265 g/mol. The zero-order chi connectivity index (χ0) is 14.8. The number of rotatable bonds is 3. The summed E-state index contributed by atoms with van der Waals surface area (Å²) in [6.07, 6.45) is -2.24. The Bertz CT molecular complexity index is 435. The number of nitrogens with zero attached hydrogens (tertiary/aromatic N) is 1. The molecule has 0 amide bonds. The lowest BCUT2D eigenvalue weighted by molar-refractivity contribution is -0.137. The third-order valence-electron chi connectivity index (χ3n) is 4.29. The lowest BCUT2D eigenvalue weighted by Gasteiger charge is -2.44. The van der Waals surface area contributed by atoms with Crippen molar-refractivity contribution in [3.63, 3.8) is 0 Å². The van der Waals surface area contributed by atoms with Crippen LogP contribution in [0.25, 0.3) is 0 Å². The predicted molar refractivity (Wildman–Crippen MR) is 75.0 cm³/mol. The molecule has 1 fully saturated rings. The highest BCUT2D eigenvalue weighted by Gasteiger charge is 2.33. The number of anilines is 1. The number of piperazine rings is 1. The Balaban J connectivity index is 2.15. The molecule has 1 aromatic carbocycles. The second kappa shape index (κ2) is 5.64. The smallest absolute Gasteiger partial charge is 0.368 e. The zero-order valence-corrected chi connectivity index (χ0v) is 11.9. The van der Waals surface area contributed by atoms with Crippen LogP contribution in [0.1, 0.15) is 32.3 Å². The average Bonchev–Trinajstić information content (AvgIpc) is 2.46. The molecule has 5 heteroatoms. The molecule has 20 heavy (non-hydrogen) atoms. The highest BCUT2D eigenvalue weighted by molar-refractivity contribution is 5.49. The molecule has 0 saturated carbocycles. The van der Waals surface area contributed by atoms with Crippen molar-refractivity contribution < 1.29 is 13.2 Å². The van der Waals surface area contributed by atoms with Crippen molar-refractivity contribution in [2.45, 2.75) is 38.4 Å². The largest absolute Gasteiger partial charge is 0.416 e. The molecule has 1 heterocycles. The Morgan fingerprint density at radius 1 is 1.15 bits per heavy atom. The van der Waals surface area contributed by atoms with E-state index in [0.717, 1.165) is 50.3 Å². The molecule has 1 aliphatic heterocycles. The van der Waals surface area contributed by atoms with Gasteiger partial charge >= 0.3 is 6.18 Å². The van der Waals surface area contributed by atoms with Gasteiger partial charge in [0.05, 0.1) is 5.56 Å². The van der Waals surface area contributed by atoms with Crippen molar-refractivity contribution in [2.24, 2.45) is 0 Å². The zero-order valence-electron chi connectivity index (χ0n) is 11.9. The number of hydrogen-bond donors (Lipinski definition) is 1. The van der Waals surface area contributed by atoms with Crippen molar-refractivity contribution >= 4 is 5.69 Å². The molecule has 1 aliphatic rings. The minimum Gasteiger partial charge on any atom is -0.368 e. The van der Waals surface area contributed by atoms with E-state index in [1.54, 1.807) is 12.1 Å². The van der Waals surface area contributed by atoms with Crippen molar-refractivity contribution in [3.8, 4) is 0 Å². The van der Waals surface area contributed by atoms with Crippen LogP contribution >= 0.6 is 0 Å². The van der Waals surface area contributed by atoms with Crippen LogP contribution in [-0.2, 0) is 6.18 Å². The fraction of sp³-hybridized carbons (Fsp3) is 0.600. The molecule has 0 aliphatic carbocycles. The molecule has 0 unspecified atom stereocenters. The highest BCUT2D eigenvalue weighted by Crippen LogP contribution is 2.31. The first kappa shape index (κ1) is 15.2. The first-order chi connectivity index (χ1) is 9.40. The fourth-order valence-corrected chi connectivity index (χ4v) is 2.76. The number of hydrogen-bond acceptors (Lipinski definition) is 2. The topological polar surface area (TPSA) is 15.3 Å². The maximum atomic E-state index is 12.6. The Hall–Kier alpha value is -1.23. The molecule has 2 rings (SSSR count). The standard InChI is InChI=1S/C15H21F3N2/c1-3-14(4-2)11-20(10-9-19-14)13-7-5-12(6-8-13)15(16,17)18/h5-8,19H,3-4,9-11H2,1-2H3. The number of benzene rings is 1. The third kappa shape index (κ3) is 3.08. The number of alkyl halides is 3. The molecule has 2 nitrogen and oxygen atoms in total. The molecule has 0 bridgehead atoms. The van der Waals surface area contributed by atoms with Gasteiger partial charge in [0.15, 0.2) is 0 Å². The normalized spacial score (nSPS) is 19.1. The first-order valence-corrected chi connectivity index (χ1v) is 7.07. The van der Waals surface area contributed by atoms with Crippen LogP contribution < -0.4 is 10.2 Å². The molecule has 1 aromatic rings. The van der Waals surface area contributed by atoms with Gasteiger partial charge in [0.1, 0.15) is 0 Å². The van der Waals surface area contributed by atoms with E-state index >= 15 is 0 Å². The number of halogens is 3. The van der Waals surface area contributed by atoms with Gasteiger partial charge in [-0.15, -0.1) is 0 Å². The quantitative estimate of drug-likeness (QED) is 0.912. The Kier molecular flexibility index (Phi) is 4.28. The molecule has 0 spiro atoms. The van der Waals surface area contributed by atoms with E-state index in [2.05, 4.69) is 24.1 Å². The summed E-state index contributed by atoms with van der Waals surface area (Å²) in [4.78, 5) is 2.17. The van der Waals surface area contributed by atoms with E-state index in [1.807, 2.05) is 0 Å². The van der Waals surface area contributed by atoms with E-state index in [4.69, 9.17) is 0 Å². The summed E-state index contributed by atoms with van der Waals surface area (Å²) in [5.41, 5.74) is 0.348. The highest BCUT2D eigenvalue weighted by atomic mass is 19.4. The first-order valence-electron chi connectivity index (χ1n) is 7.07. The van der Waals surface area contributed by atoms with E-state index in [-0.39, 0.29) is 5.54 Å². The van der Waals surface area contributed by atoms with Crippen LogP contribution in [-0.4, -0.2) is 25.2 Å². The van der Waals surface area contributed by atoms with E-state index in [1.165, 1.54) is 0 Å². The fourth-order valence-electron chi connectivity index (χ4n) is 2.76. The second-order valence-electron chi connectivity index (χ2n) is 5.38. The maximum Gasteiger partial charge on any atom is 0.416 e. The maximum absolute atomic E-state index is 12.6. The summed E-state index contributed by atoms with van der Waals surface area (Å²) >= 11 is 0. The van der Waals surface area contributed by atoms with Crippen LogP contribution in [0, 0.1) is 0 Å². The van der Waals surface area contributed by atoms with Crippen LogP contribution in [0.3, 0.4) is 0 Å². The van der Waals surface area contributed by atoms with Gasteiger partial charge in [-0.1, -0.05) is 13.8 Å². The second-order valence-corrected chi connectivity index (χ2v) is 5.38. The van der Waals surface area contributed by atoms with Gasteiger partial charge in [-0.25, -0.2) is 0 Å². The van der Waals surface area contributed by atoms with Gasteiger partial charge in [-0.05, 0) is 37.1 Å². The molecule has 1 N–H and O–H groups in total. The minimum absolute atomic E-state index is 0.0704.